The second kappa shape index (κ2) is 5.38. The first-order chi connectivity index (χ1) is 10.4. The Hall–Kier alpha value is -1.90. The molecule has 7 heteroatoms. The van der Waals surface area contributed by atoms with Crippen molar-refractivity contribution in [2.75, 3.05) is 0 Å². The van der Waals surface area contributed by atoms with Crippen molar-refractivity contribution in [3.05, 3.63) is 67.5 Å². The number of fused-ring (bicyclic) bond motifs is 1. The van der Waals surface area contributed by atoms with Crippen LogP contribution < -0.4 is 5.56 Å². The van der Waals surface area contributed by atoms with Crippen LogP contribution in [0.4, 0.5) is 13.2 Å². The zero-order valence-electron chi connectivity index (χ0n) is 11.2. The highest BCUT2D eigenvalue weighted by atomic mass is 127. The summed E-state index contributed by atoms with van der Waals surface area (Å²) < 4.78 is 42.6. The Morgan fingerprint density at radius 1 is 1.09 bits per heavy atom. The number of halogens is 4. The van der Waals surface area contributed by atoms with E-state index in [1.165, 1.54) is 19.1 Å². The van der Waals surface area contributed by atoms with Crippen molar-refractivity contribution in [3.8, 4) is 5.69 Å². The first-order valence-corrected chi connectivity index (χ1v) is 7.31. The van der Waals surface area contributed by atoms with Gasteiger partial charge in [0.15, 0.2) is 0 Å². The van der Waals surface area contributed by atoms with Crippen molar-refractivity contribution in [1.29, 1.82) is 0 Å². The largest absolute Gasteiger partial charge is 0.268 e. The summed E-state index contributed by atoms with van der Waals surface area (Å²) in [5.41, 5.74) is -0.989. The minimum absolute atomic E-state index is 0.0714. The summed E-state index contributed by atoms with van der Waals surface area (Å²) in [6.45, 7) is 1.43. The number of para-hydroxylation sites is 1. The van der Waals surface area contributed by atoms with Crippen LogP contribution >= 0.6 is 22.6 Å². The lowest BCUT2D eigenvalue weighted by molar-refractivity contribution is 0.563. The van der Waals surface area contributed by atoms with E-state index < -0.39 is 28.7 Å². The van der Waals surface area contributed by atoms with Crippen molar-refractivity contribution in [2.24, 2.45) is 0 Å². The maximum absolute atomic E-state index is 14.0. The maximum Gasteiger partial charge on any atom is 0.266 e. The van der Waals surface area contributed by atoms with Crippen LogP contribution in [0.1, 0.15) is 5.82 Å². The summed E-state index contributed by atoms with van der Waals surface area (Å²) in [7, 11) is 0. The Labute approximate surface area is 136 Å². The molecule has 0 unspecified atom stereocenters. The van der Waals surface area contributed by atoms with Gasteiger partial charge in [-0.25, -0.2) is 18.2 Å². The van der Waals surface area contributed by atoms with Gasteiger partial charge < -0.3 is 0 Å². The quantitative estimate of drug-likeness (QED) is 0.567. The molecular weight excluding hydrogens is 408 g/mol. The molecule has 3 rings (SSSR count). The normalized spacial score (nSPS) is 11.1. The highest BCUT2D eigenvalue weighted by molar-refractivity contribution is 14.1. The van der Waals surface area contributed by atoms with Crippen molar-refractivity contribution in [2.45, 2.75) is 6.92 Å². The maximum atomic E-state index is 14.0. The number of rotatable bonds is 1. The first-order valence-electron chi connectivity index (χ1n) is 6.23. The van der Waals surface area contributed by atoms with E-state index in [1.54, 1.807) is 22.6 Å². The Bertz CT molecular complexity index is 949. The lowest BCUT2D eigenvalue weighted by atomic mass is 10.2. The number of benzene rings is 2. The van der Waals surface area contributed by atoms with Crippen molar-refractivity contribution >= 4 is 33.5 Å². The molecule has 3 aromatic rings. The molecule has 0 saturated carbocycles. The van der Waals surface area contributed by atoms with Crippen molar-refractivity contribution in [1.82, 2.24) is 9.55 Å². The zero-order valence-corrected chi connectivity index (χ0v) is 13.4. The summed E-state index contributed by atoms with van der Waals surface area (Å²) in [5, 5.41) is 0.0963. The Morgan fingerprint density at radius 3 is 2.36 bits per heavy atom. The van der Waals surface area contributed by atoms with Crippen LogP contribution in [0.2, 0.25) is 0 Å². The fraction of sp³-hybridized carbons (Fsp3) is 0.0667. The van der Waals surface area contributed by atoms with Crippen LogP contribution in [-0.2, 0) is 0 Å². The number of hydrogen-bond donors (Lipinski definition) is 0. The molecule has 0 fully saturated rings. The Kier molecular flexibility index (Phi) is 3.67. The summed E-state index contributed by atoms with van der Waals surface area (Å²) in [5.74, 6) is -2.18. The second-order valence-corrected chi connectivity index (χ2v) is 5.82. The van der Waals surface area contributed by atoms with Gasteiger partial charge in [-0.05, 0) is 47.7 Å². The fourth-order valence-electron chi connectivity index (χ4n) is 2.26. The average Bonchev–Trinajstić information content (AvgIpc) is 2.44. The molecule has 0 radical (unpaired) electrons. The average molecular weight is 416 g/mol. The predicted octanol–water partition coefficient (Wildman–Crippen LogP) is 3.72. The third-order valence-corrected chi connectivity index (χ3v) is 4.07. The van der Waals surface area contributed by atoms with Gasteiger partial charge in [-0.15, -0.1) is 0 Å². The molecule has 3 nitrogen and oxygen atoms in total. The standard InChI is InChI=1S/C15H8F3IN2O/c1-7-20-13-6-11(18)12(19)5-8(13)15(22)21(7)14-9(16)3-2-4-10(14)17/h2-6H,1H3. The van der Waals surface area contributed by atoms with Crippen LogP contribution in [0, 0.1) is 27.9 Å². The summed E-state index contributed by atoms with van der Waals surface area (Å²) in [4.78, 5) is 16.7. The highest BCUT2D eigenvalue weighted by Gasteiger charge is 2.18. The molecule has 0 N–H and O–H groups in total. The van der Waals surface area contributed by atoms with Gasteiger partial charge in [0.2, 0.25) is 0 Å². The van der Waals surface area contributed by atoms with Gasteiger partial charge >= 0.3 is 0 Å². The minimum Gasteiger partial charge on any atom is -0.268 e. The minimum atomic E-state index is -0.872. The van der Waals surface area contributed by atoms with Crippen LogP contribution in [-0.4, -0.2) is 9.55 Å². The van der Waals surface area contributed by atoms with Crippen LogP contribution in [0.25, 0.3) is 16.6 Å². The summed E-state index contributed by atoms with van der Waals surface area (Å²) in [6.07, 6.45) is 0. The third kappa shape index (κ3) is 2.29. The molecule has 0 bridgehead atoms. The van der Waals surface area contributed by atoms with E-state index in [-0.39, 0.29) is 20.3 Å². The zero-order chi connectivity index (χ0) is 16.0. The highest BCUT2D eigenvalue weighted by Crippen LogP contribution is 2.21. The number of aromatic nitrogens is 2. The van der Waals surface area contributed by atoms with Crippen LogP contribution in [0.15, 0.2) is 35.1 Å². The van der Waals surface area contributed by atoms with Crippen molar-refractivity contribution in [3.63, 3.8) is 0 Å². The summed E-state index contributed by atoms with van der Waals surface area (Å²) in [6, 6.07) is 5.77. The van der Waals surface area contributed by atoms with Gasteiger partial charge in [0.25, 0.3) is 5.56 Å². The molecular formula is C15H8F3IN2O. The third-order valence-electron chi connectivity index (χ3n) is 3.24. The van der Waals surface area contributed by atoms with Gasteiger partial charge in [-0.2, -0.15) is 0 Å². The molecule has 0 aliphatic rings. The van der Waals surface area contributed by atoms with E-state index in [9.17, 15) is 18.0 Å². The lowest BCUT2D eigenvalue weighted by Crippen LogP contribution is -2.24. The smallest absolute Gasteiger partial charge is 0.266 e. The lowest BCUT2D eigenvalue weighted by Gasteiger charge is -2.12. The van der Waals surface area contributed by atoms with E-state index >= 15 is 0 Å². The molecule has 0 atom stereocenters. The van der Waals surface area contributed by atoms with Gasteiger partial charge in [0.1, 0.15) is 29.0 Å². The monoisotopic (exact) mass is 416 g/mol. The first kappa shape index (κ1) is 15.0. The van der Waals surface area contributed by atoms with Gasteiger partial charge in [0.05, 0.1) is 10.9 Å². The molecule has 0 aliphatic carbocycles. The molecule has 22 heavy (non-hydrogen) atoms. The molecule has 2 aromatic carbocycles. The number of hydrogen-bond acceptors (Lipinski definition) is 2. The van der Waals surface area contributed by atoms with E-state index in [0.29, 0.717) is 0 Å². The van der Waals surface area contributed by atoms with Crippen molar-refractivity contribution < 1.29 is 13.2 Å². The molecule has 0 aliphatic heterocycles. The van der Waals surface area contributed by atoms with E-state index in [4.69, 9.17) is 0 Å². The molecule has 1 heterocycles. The predicted molar refractivity (Wildman–Crippen MR) is 84.7 cm³/mol. The molecule has 1 aromatic heterocycles. The van der Waals surface area contributed by atoms with E-state index in [1.807, 2.05) is 0 Å². The molecule has 0 amide bonds. The van der Waals surface area contributed by atoms with E-state index in [0.717, 1.165) is 22.8 Å². The molecule has 112 valence electrons. The van der Waals surface area contributed by atoms with Gasteiger partial charge in [-0.1, -0.05) is 6.07 Å². The van der Waals surface area contributed by atoms with Gasteiger partial charge in [0, 0.05) is 9.64 Å². The summed E-state index contributed by atoms with van der Waals surface area (Å²) >= 11 is 1.74. The van der Waals surface area contributed by atoms with Crippen LogP contribution in [0.5, 0.6) is 0 Å². The SMILES string of the molecule is Cc1nc2cc(F)c(I)cc2c(=O)n1-c1c(F)cccc1F. The van der Waals surface area contributed by atoms with Gasteiger partial charge in [-0.3, -0.25) is 9.36 Å². The topological polar surface area (TPSA) is 34.9 Å². The Morgan fingerprint density at radius 2 is 1.73 bits per heavy atom. The van der Waals surface area contributed by atoms with E-state index in [2.05, 4.69) is 4.98 Å². The Balaban J connectivity index is 2.46. The number of aryl methyl sites for hydroxylation is 1. The molecule has 0 saturated heterocycles. The number of nitrogens with zero attached hydrogens (tertiary/aromatic N) is 2. The van der Waals surface area contributed by atoms with Crippen LogP contribution in [0.3, 0.4) is 0 Å². The fourth-order valence-corrected chi connectivity index (χ4v) is 2.72. The second-order valence-electron chi connectivity index (χ2n) is 4.65. The molecule has 0 spiro atoms.